The number of hydrogen-bond acceptors (Lipinski definition) is 2. The monoisotopic (exact) mass is 313 g/mol. The van der Waals surface area contributed by atoms with Crippen molar-refractivity contribution < 1.29 is 9.90 Å². The molecule has 0 heterocycles. The molecule has 0 fully saturated rings. The van der Waals surface area contributed by atoms with E-state index >= 15 is 0 Å². The molecule has 0 bridgehead atoms. The van der Waals surface area contributed by atoms with Crippen LogP contribution in [0, 0.1) is 0 Å². The third-order valence-electron chi connectivity index (χ3n) is 3.29. The summed E-state index contributed by atoms with van der Waals surface area (Å²) in [6, 6.07) is 5.44. The van der Waals surface area contributed by atoms with Gasteiger partial charge in [0.1, 0.15) is 0 Å². The number of aliphatic carboxylic acids is 1. The fourth-order valence-electron chi connectivity index (χ4n) is 2.52. The van der Waals surface area contributed by atoms with Crippen molar-refractivity contribution in [1.82, 2.24) is 0 Å². The van der Waals surface area contributed by atoms with Gasteiger partial charge in [0.05, 0.1) is 5.41 Å². The number of anilines is 1. The summed E-state index contributed by atoms with van der Waals surface area (Å²) in [6.45, 7) is 4.00. The Morgan fingerprint density at radius 2 is 1.89 bits per heavy atom. The second-order valence-corrected chi connectivity index (χ2v) is 5.53. The van der Waals surface area contributed by atoms with E-state index in [4.69, 9.17) is 5.73 Å². The first-order chi connectivity index (χ1) is 8.47. The molecule has 0 aliphatic carbocycles. The van der Waals surface area contributed by atoms with E-state index in [0.717, 1.165) is 22.9 Å². The van der Waals surface area contributed by atoms with E-state index in [9.17, 15) is 9.90 Å². The molecule has 0 saturated heterocycles. The molecule has 0 aliphatic rings. The van der Waals surface area contributed by atoms with Crippen LogP contribution in [0.25, 0.3) is 0 Å². The maximum absolute atomic E-state index is 11.8. The quantitative estimate of drug-likeness (QED) is 0.781. The molecule has 100 valence electrons. The van der Waals surface area contributed by atoms with Crippen molar-refractivity contribution >= 4 is 27.6 Å². The summed E-state index contributed by atoms with van der Waals surface area (Å²) in [5.41, 5.74) is 6.41. The fraction of sp³-hybridized carbons (Fsp3) is 0.500. The average molecular weight is 314 g/mol. The number of carboxylic acids is 1. The Labute approximate surface area is 117 Å². The van der Waals surface area contributed by atoms with Crippen molar-refractivity contribution in [3.63, 3.8) is 0 Å². The summed E-state index contributed by atoms with van der Waals surface area (Å²) in [4.78, 5) is 11.8. The Morgan fingerprint density at radius 1 is 1.33 bits per heavy atom. The van der Waals surface area contributed by atoms with Gasteiger partial charge in [-0.15, -0.1) is 0 Å². The van der Waals surface area contributed by atoms with Crippen LogP contribution >= 0.6 is 15.9 Å². The van der Waals surface area contributed by atoms with Crippen LogP contribution in [0.3, 0.4) is 0 Å². The largest absolute Gasteiger partial charge is 0.481 e. The third-order valence-corrected chi connectivity index (χ3v) is 3.79. The highest BCUT2D eigenvalue weighted by atomic mass is 79.9. The smallest absolute Gasteiger partial charge is 0.314 e. The van der Waals surface area contributed by atoms with Crippen LogP contribution in [0.15, 0.2) is 22.7 Å². The molecule has 0 atom stereocenters. The van der Waals surface area contributed by atoms with E-state index < -0.39 is 11.4 Å². The van der Waals surface area contributed by atoms with Crippen molar-refractivity contribution in [1.29, 1.82) is 0 Å². The number of halogens is 1. The van der Waals surface area contributed by atoms with Gasteiger partial charge in [0, 0.05) is 10.2 Å². The van der Waals surface area contributed by atoms with Crippen LogP contribution < -0.4 is 5.73 Å². The zero-order valence-corrected chi connectivity index (χ0v) is 12.5. The first-order valence-electron chi connectivity index (χ1n) is 6.26. The molecule has 0 aliphatic heterocycles. The molecular formula is C14H20BrNO2. The first kappa shape index (κ1) is 15.0. The molecule has 0 saturated carbocycles. The molecular weight excluding hydrogens is 294 g/mol. The molecule has 0 spiro atoms. The molecule has 4 heteroatoms. The van der Waals surface area contributed by atoms with E-state index in [2.05, 4.69) is 15.9 Å². The van der Waals surface area contributed by atoms with Gasteiger partial charge in [-0.1, -0.05) is 42.6 Å². The van der Waals surface area contributed by atoms with E-state index in [-0.39, 0.29) is 0 Å². The van der Waals surface area contributed by atoms with Gasteiger partial charge in [0.25, 0.3) is 0 Å². The predicted molar refractivity (Wildman–Crippen MR) is 77.7 cm³/mol. The topological polar surface area (TPSA) is 63.3 Å². The van der Waals surface area contributed by atoms with Crippen molar-refractivity contribution in [3.05, 3.63) is 28.2 Å². The molecule has 3 nitrogen and oxygen atoms in total. The summed E-state index contributed by atoms with van der Waals surface area (Å²) in [6.07, 6.45) is 2.85. The standard InChI is InChI=1S/C14H20BrNO2/c1-3-7-14(8-4-2,13(17)18)11-9-10(15)5-6-12(11)16/h5-6,9H,3-4,7-8,16H2,1-2H3,(H,17,18). The van der Waals surface area contributed by atoms with Gasteiger partial charge >= 0.3 is 5.97 Å². The van der Waals surface area contributed by atoms with Crippen LogP contribution in [-0.4, -0.2) is 11.1 Å². The van der Waals surface area contributed by atoms with Gasteiger partial charge in [-0.2, -0.15) is 0 Å². The van der Waals surface area contributed by atoms with Gasteiger partial charge in [-0.25, -0.2) is 0 Å². The van der Waals surface area contributed by atoms with Gasteiger partial charge in [-0.05, 0) is 36.6 Å². The molecule has 0 amide bonds. The average Bonchev–Trinajstić information content (AvgIpc) is 2.31. The highest BCUT2D eigenvalue weighted by molar-refractivity contribution is 9.10. The number of hydrogen-bond donors (Lipinski definition) is 2. The molecule has 18 heavy (non-hydrogen) atoms. The zero-order chi connectivity index (χ0) is 13.8. The van der Waals surface area contributed by atoms with E-state index in [1.807, 2.05) is 26.0 Å². The molecule has 1 aromatic carbocycles. The lowest BCUT2D eigenvalue weighted by Crippen LogP contribution is -2.36. The van der Waals surface area contributed by atoms with Crippen molar-refractivity contribution in [2.75, 3.05) is 5.73 Å². The van der Waals surface area contributed by atoms with Crippen LogP contribution in [-0.2, 0) is 10.2 Å². The zero-order valence-electron chi connectivity index (χ0n) is 10.9. The number of benzene rings is 1. The highest BCUT2D eigenvalue weighted by Gasteiger charge is 2.40. The van der Waals surface area contributed by atoms with E-state index in [1.165, 1.54) is 0 Å². The lowest BCUT2D eigenvalue weighted by molar-refractivity contribution is -0.144. The van der Waals surface area contributed by atoms with Gasteiger partial charge in [0.2, 0.25) is 0 Å². The van der Waals surface area contributed by atoms with Gasteiger partial charge < -0.3 is 10.8 Å². The maximum Gasteiger partial charge on any atom is 0.314 e. The Balaban J connectivity index is 3.39. The Hall–Kier alpha value is -1.03. The molecule has 1 aromatic rings. The molecule has 0 radical (unpaired) electrons. The first-order valence-corrected chi connectivity index (χ1v) is 7.06. The highest BCUT2D eigenvalue weighted by Crippen LogP contribution is 2.39. The van der Waals surface area contributed by atoms with Crippen LogP contribution in [0.1, 0.15) is 45.1 Å². The third kappa shape index (κ3) is 2.86. The summed E-state index contributed by atoms with van der Waals surface area (Å²) in [5.74, 6) is -0.781. The van der Waals surface area contributed by atoms with Crippen LogP contribution in [0.2, 0.25) is 0 Å². The lowest BCUT2D eigenvalue weighted by Gasteiger charge is -2.30. The summed E-state index contributed by atoms with van der Waals surface area (Å²) in [5, 5.41) is 9.68. The Kier molecular flexibility index (Phi) is 5.20. The number of nitrogen functional groups attached to an aromatic ring is 1. The van der Waals surface area contributed by atoms with E-state index in [0.29, 0.717) is 18.5 Å². The van der Waals surface area contributed by atoms with Crippen LogP contribution in [0.4, 0.5) is 5.69 Å². The van der Waals surface area contributed by atoms with Crippen molar-refractivity contribution in [2.24, 2.45) is 0 Å². The molecule has 1 rings (SSSR count). The summed E-state index contributed by atoms with van der Waals surface area (Å²) < 4.78 is 0.865. The van der Waals surface area contributed by atoms with Gasteiger partial charge in [0.15, 0.2) is 0 Å². The van der Waals surface area contributed by atoms with Crippen molar-refractivity contribution in [2.45, 2.75) is 44.9 Å². The number of rotatable bonds is 6. The minimum absolute atomic E-state index is 0.558. The predicted octanol–water partition coefficient (Wildman–Crippen LogP) is 3.95. The minimum atomic E-state index is -0.864. The summed E-state index contributed by atoms with van der Waals surface area (Å²) >= 11 is 3.39. The van der Waals surface area contributed by atoms with E-state index in [1.54, 1.807) is 6.07 Å². The maximum atomic E-state index is 11.8. The molecule has 3 N–H and O–H groups in total. The molecule has 0 aromatic heterocycles. The normalized spacial score (nSPS) is 11.5. The SMILES string of the molecule is CCCC(CCC)(C(=O)O)c1cc(Br)ccc1N. The van der Waals surface area contributed by atoms with Crippen molar-refractivity contribution in [3.8, 4) is 0 Å². The number of carboxylic acid groups (broad SMARTS) is 1. The fourth-order valence-corrected chi connectivity index (χ4v) is 2.88. The second kappa shape index (κ2) is 6.23. The molecule has 0 unspecified atom stereocenters. The summed E-state index contributed by atoms with van der Waals surface area (Å²) in [7, 11) is 0. The second-order valence-electron chi connectivity index (χ2n) is 4.62. The minimum Gasteiger partial charge on any atom is -0.481 e. The number of carbonyl (C=O) groups is 1. The number of nitrogens with two attached hydrogens (primary N) is 1. The van der Waals surface area contributed by atoms with Gasteiger partial charge in [-0.3, -0.25) is 4.79 Å². The lowest BCUT2D eigenvalue weighted by atomic mass is 9.73. The van der Waals surface area contributed by atoms with Crippen LogP contribution in [0.5, 0.6) is 0 Å². The Bertz CT molecular complexity index is 426. The Morgan fingerprint density at radius 3 is 2.33 bits per heavy atom.